The van der Waals surface area contributed by atoms with Crippen molar-refractivity contribution in [3.8, 4) is 0 Å². The minimum Gasteiger partial charge on any atom is -0.303 e. The lowest BCUT2D eigenvalue weighted by atomic mass is 10.2. The molecule has 1 rings (SSSR count). The summed E-state index contributed by atoms with van der Waals surface area (Å²) in [6.45, 7) is 6.72. The molecule has 0 saturated heterocycles. The minimum absolute atomic E-state index is 0.356. The van der Waals surface area contributed by atoms with Gasteiger partial charge < -0.3 is 5.32 Å². The van der Waals surface area contributed by atoms with Crippen LogP contribution in [0.5, 0.6) is 0 Å². The average Bonchev–Trinajstić information content (AvgIpc) is 2.58. The molecule has 0 radical (unpaired) electrons. The Labute approximate surface area is 91.2 Å². The highest BCUT2D eigenvalue weighted by atomic mass is 79.9. The number of halogens is 1. The number of thiazole rings is 1. The Kier molecular flexibility index (Phi) is 4.62. The Morgan fingerprint density at radius 1 is 1.85 bits per heavy atom. The normalized spacial score (nSPS) is 12.8. The van der Waals surface area contributed by atoms with Crippen LogP contribution in [0.2, 0.25) is 0 Å². The third kappa shape index (κ3) is 3.58. The summed E-state index contributed by atoms with van der Waals surface area (Å²) >= 11 is 5.01. The summed E-state index contributed by atoms with van der Waals surface area (Å²) in [6.07, 6.45) is 2.89. The molecule has 0 spiro atoms. The first-order valence-corrected chi connectivity index (χ1v) is 5.87. The van der Waals surface area contributed by atoms with Crippen LogP contribution >= 0.6 is 27.3 Å². The minimum atomic E-state index is 0.356. The SMILES string of the molecule is C=C(Br)CNC(CC)c1nccs1. The molecule has 1 heterocycles. The third-order valence-electron chi connectivity index (χ3n) is 1.70. The fourth-order valence-corrected chi connectivity index (χ4v) is 2.01. The molecule has 0 aliphatic rings. The number of hydrogen-bond donors (Lipinski definition) is 1. The van der Waals surface area contributed by atoms with Crippen LogP contribution in [0.25, 0.3) is 0 Å². The van der Waals surface area contributed by atoms with Gasteiger partial charge >= 0.3 is 0 Å². The molecule has 0 saturated carbocycles. The van der Waals surface area contributed by atoms with Gasteiger partial charge in [-0.15, -0.1) is 11.3 Å². The van der Waals surface area contributed by atoms with Gasteiger partial charge in [0.25, 0.3) is 0 Å². The van der Waals surface area contributed by atoms with Gasteiger partial charge in [0.15, 0.2) is 0 Å². The van der Waals surface area contributed by atoms with E-state index in [1.165, 1.54) is 0 Å². The van der Waals surface area contributed by atoms with Gasteiger partial charge in [-0.2, -0.15) is 0 Å². The number of hydrogen-bond acceptors (Lipinski definition) is 3. The predicted molar refractivity (Wildman–Crippen MR) is 61.2 cm³/mol. The summed E-state index contributed by atoms with van der Waals surface area (Å²) in [4.78, 5) is 4.28. The second kappa shape index (κ2) is 5.52. The Morgan fingerprint density at radius 2 is 2.62 bits per heavy atom. The zero-order valence-corrected chi connectivity index (χ0v) is 9.99. The van der Waals surface area contributed by atoms with Crippen molar-refractivity contribution in [3.63, 3.8) is 0 Å². The lowest BCUT2D eigenvalue weighted by Crippen LogP contribution is -2.21. The Balaban J connectivity index is 2.49. The van der Waals surface area contributed by atoms with Gasteiger partial charge in [-0.3, -0.25) is 0 Å². The molecule has 0 aliphatic carbocycles. The lowest BCUT2D eigenvalue weighted by molar-refractivity contribution is 0.547. The summed E-state index contributed by atoms with van der Waals surface area (Å²) in [6, 6.07) is 0.356. The molecule has 0 bridgehead atoms. The first-order chi connectivity index (χ1) is 6.24. The van der Waals surface area contributed by atoms with Crippen LogP contribution in [-0.4, -0.2) is 11.5 Å². The lowest BCUT2D eigenvalue weighted by Gasteiger charge is -2.13. The summed E-state index contributed by atoms with van der Waals surface area (Å²) in [7, 11) is 0. The molecule has 13 heavy (non-hydrogen) atoms. The quantitative estimate of drug-likeness (QED) is 0.881. The summed E-state index contributed by atoms with van der Waals surface area (Å²) in [5.41, 5.74) is 0. The van der Waals surface area contributed by atoms with E-state index in [0.717, 1.165) is 22.5 Å². The molecule has 0 aromatic carbocycles. The van der Waals surface area contributed by atoms with Crippen LogP contribution in [0.1, 0.15) is 24.4 Å². The van der Waals surface area contributed by atoms with E-state index in [0.29, 0.717) is 6.04 Å². The largest absolute Gasteiger partial charge is 0.303 e. The monoisotopic (exact) mass is 260 g/mol. The van der Waals surface area contributed by atoms with Crippen molar-refractivity contribution in [2.45, 2.75) is 19.4 Å². The van der Waals surface area contributed by atoms with E-state index in [4.69, 9.17) is 0 Å². The second-order valence-electron chi connectivity index (χ2n) is 2.73. The summed E-state index contributed by atoms with van der Waals surface area (Å²) in [5.74, 6) is 0. The maximum atomic E-state index is 4.28. The van der Waals surface area contributed by atoms with Crippen LogP contribution in [0.4, 0.5) is 0 Å². The number of aromatic nitrogens is 1. The molecule has 72 valence electrons. The van der Waals surface area contributed by atoms with Crippen LogP contribution in [0.15, 0.2) is 22.6 Å². The third-order valence-corrected chi connectivity index (χ3v) is 2.87. The van der Waals surface area contributed by atoms with Crippen molar-refractivity contribution >= 4 is 27.3 Å². The smallest absolute Gasteiger partial charge is 0.109 e. The van der Waals surface area contributed by atoms with E-state index in [1.54, 1.807) is 11.3 Å². The Hall–Kier alpha value is -0.190. The van der Waals surface area contributed by atoms with Gasteiger partial charge in [0.2, 0.25) is 0 Å². The first-order valence-electron chi connectivity index (χ1n) is 4.20. The standard InChI is InChI=1S/C9H13BrN2S/c1-3-8(12-6-7(2)10)9-11-4-5-13-9/h4-5,8,12H,2-3,6H2,1H3. The van der Waals surface area contributed by atoms with E-state index in [1.807, 2.05) is 11.6 Å². The highest BCUT2D eigenvalue weighted by molar-refractivity contribution is 9.11. The van der Waals surface area contributed by atoms with Crippen molar-refractivity contribution in [2.24, 2.45) is 0 Å². The highest BCUT2D eigenvalue weighted by Gasteiger charge is 2.10. The fourth-order valence-electron chi connectivity index (χ4n) is 1.05. The van der Waals surface area contributed by atoms with Gasteiger partial charge in [0, 0.05) is 22.6 Å². The predicted octanol–water partition coefficient (Wildman–Crippen LogP) is 3.09. The zero-order valence-electron chi connectivity index (χ0n) is 7.59. The zero-order chi connectivity index (χ0) is 9.68. The molecular formula is C9H13BrN2S. The molecule has 1 atom stereocenters. The van der Waals surface area contributed by atoms with Gasteiger partial charge in [0.1, 0.15) is 5.01 Å². The van der Waals surface area contributed by atoms with E-state index in [-0.39, 0.29) is 0 Å². The van der Waals surface area contributed by atoms with Crippen molar-refractivity contribution in [3.05, 3.63) is 27.6 Å². The maximum Gasteiger partial charge on any atom is 0.109 e. The molecule has 1 aromatic rings. The molecule has 0 aliphatic heterocycles. The molecule has 0 amide bonds. The molecule has 1 N–H and O–H groups in total. The summed E-state index contributed by atoms with van der Waals surface area (Å²) < 4.78 is 0.975. The van der Waals surface area contributed by atoms with Gasteiger partial charge in [0.05, 0.1) is 6.04 Å². The van der Waals surface area contributed by atoms with Crippen molar-refractivity contribution in [1.29, 1.82) is 0 Å². The van der Waals surface area contributed by atoms with E-state index < -0.39 is 0 Å². The molecule has 1 aromatic heterocycles. The van der Waals surface area contributed by atoms with Crippen LogP contribution < -0.4 is 5.32 Å². The first kappa shape index (κ1) is 10.9. The number of nitrogens with zero attached hydrogens (tertiary/aromatic N) is 1. The average molecular weight is 261 g/mol. The van der Waals surface area contributed by atoms with Crippen molar-refractivity contribution in [1.82, 2.24) is 10.3 Å². The van der Waals surface area contributed by atoms with Crippen LogP contribution in [0.3, 0.4) is 0 Å². The fraction of sp³-hybridized carbons (Fsp3) is 0.444. The van der Waals surface area contributed by atoms with Crippen molar-refractivity contribution in [2.75, 3.05) is 6.54 Å². The van der Waals surface area contributed by atoms with E-state index >= 15 is 0 Å². The maximum absolute atomic E-state index is 4.28. The van der Waals surface area contributed by atoms with Gasteiger partial charge in [-0.1, -0.05) is 29.4 Å². The molecule has 4 heteroatoms. The van der Waals surface area contributed by atoms with Crippen LogP contribution in [-0.2, 0) is 0 Å². The van der Waals surface area contributed by atoms with Gasteiger partial charge in [-0.25, -0.2) is 4.98 Å². The van der Waals surface area contributed by atoms with Gasteiger partial charge in [-0.05, 0) is 6.42 Å². The summed E-state index contributed by atoms with van der Waals surface area (Å²) in [5, 5.41) is 6.52. The highest BCUT2D eigenvalue weighted by Crippen LogP contribution is 2.18. The molecule has 2 nitrogen and oxygen atoms in total. The topological polar surface area (TPSA) is 24.9 Å². The van der Waals surface area contributed by atoms with E-state index in [2.05, 4.69) is 39.7 Å². The van der Waals surface area contributed by atoms with Crippen molar-refractivity contribution < 1.29 is 0 Å². The number of nitrogens with one attached hydrogen (secondary N) is 1. The Morgan fingerprint density at radius 3 is 3.08 bits per heavy atom. The second-order valence-corrected chi connectivity index (χ2v) is 4.78. The number of rotatable bonds is 5. The molecular weight excluding hydrogens is 248 g/mol. The molecule has 0 fully saturated rings. The Bertz CT molecular complexity index is 259. The van der Waals surface area contributed by atoms with Crippen LogP contribution in [0, 0.1) is 0 Å². The van der Waals surface area contributed by atoms with E-state index in [9.17, 15) is 0 Å². The molecule has 1 unspecified atom stereocenters.